The molecule has 96 valence electrons. The van der Waals surface area contributed by atoms with E-state index in [1.807, 2.05) is 12.1 Å². The van der Waals surface area contributed by atoms with E-state index in [0.717, 1.165) is 11.5 Å². The Kier molecular flexibility index (Phi) is 3.16. The van der Waals surface area contributed by atoms with Crippen molar-refractivity contribution in [3.05, 3.63) is 36.2 Å². The fraction of sp³-hybridized carbons (Fsp3) is 0.467. The molecule has 3 saturated heterocycles. The maximum Gasteiger partial charge on any atom is 0.164 e. The molecule has 0 N–H and O–H groups in total. The molecule has 3 heterocycles. The van der Waals surface area contributed by atoms with Gasteiger partial charge in [0.2, 0.25) is 0 Å². The number of benzene rings is 1. The Morgan fingerprint density at radius 2 is 1.89 bits per heavy atom. The molecule has 0 aliphatic carbocycles. The largest absolute Gasteiger partial charge is 0.493 e. The average Bonchev–Trinajstić information content (AvgIpc) is 2.47. The molecule has 3 aliphatic rings. The summed E-state index contributed by atoms with van der Waals surface area (Å²) in [5.41, 5.74) is 1.19. The van der Waals surface area contributed by atoms with E-state index in [-0.39, 0.29) is 0 Å². The molecular weight excluding hydrogens is 226 g/mol. The molecule has 3 aliphatic heterocycles. The molecule has 3 nitrogen and oxygen atoms in total. The van der Waals surface area contributed by atoms with Crippen LogP contribution in [0.3, 0.4) is 0 Å². The second-order valence-corrected chi connectivity index (χ2v) is 4.94. The lowest BCUT2D eigenvalue weighted by atomic mass is 9.75. The maximum absolute atomic E-state index is 5.54. The van der Waals surface area contributed by atoms with Crippen LogP contribution in [-0.2, 0) is 0 Å². The van der Waals surface area contributed by atoms with Crippen molar-refractivity contribution in [1.29, 1.82) is 0 Å². The topological polar surface area (TPSA) is 21.7 Å². The molecule has 0 amide bonds. The van der Waals surface area contributed by atoms with E-state index in [4.69, 9.17) is 9.47 Å². The summed E-state index contributed by atoms with van der Waals surface area (Å²) in [7, 11) is 3.40. The number of rotatable bonds is 3. The number of para-hydroxylation sites is 1. The monoisotopic (exact) mass is 245 g/mol. The van der Waals surface area contributed by atoms with E-state index in [2.05, 4.69) is 17.5 Å². The zero-order valence-electron chi connectivity index (χ0n) is 11.0. The maximum atomic E-state index is 5.54. The Balaban J connectivity index is 1.96. The van der Waals surface area contributed by atoms with Crippen LogP contribution in [0, 0.1) is 18.4 Å². The van der Waals surface area contributed by atoms with Crippen LogP contribution in [0.2, 0.25) is 0 Å². The lowest BCUT2D eigenvalue weighted by Crippen LogP contribution is -2.43. The zero-order chi connectivity index (χ0) is 12.5. The van der Waals surface area contributed by atoms with E-state index in [0.29, 0.717) is 5.92 Å². The van der Waals surface area contributed by atoms with Crippen molar-refractivity contribution in [3.8, 4) is 11.5 Å². The summed E-state index contributed by atoms with van der Waals surface area (Å²) in [4.78, 5) is 2.41. The zero-order valence-corrected chi connectivity index (χ0v) is 11.0. The molecule has 1 aromatic carbocycles. The number of hydrogen-bond acceptors (Lipinski definition) is 3. The molecule has 0 unspecified atom stereocenters. The number of piperidine rings is 3. The van der Waals surface area contributed by atoms with Crippen molar-refractivity contribution in [2.24, 2.45) is 5.92 Å². The van der Waals surface area contributed by atoms with Crippen LogP contribution in [0.5, 0.6) is 11.5 Å². The average molecular weight is 245 g/mol. The molecule has 18 heavy (non-hydrogen) atoms. The van der Waals surface area contributed by atoms with Gasteiger partial charge in [-0.3, -0.25) is 4.90 Å². The number of fused-ring (bicyclic) bond motifs is 3. The molecule has 3 heteroatoms. The van der Waals surface area contributed by atoms with Gasteiger partial charge < -0.3 is 9.47 Å². The van der Waals surface area contributed by atoms with E-state index in [1.165, 1.54) is 37.4 Å². The molecule has 2 radical (unpaired) electrons. The van der Waals surface area contributed by atoms with Gasteiger partial charge in [0.05, 0.1) is 14.2 Å². The first kappa shape index (κ1) is 11.8. The molecule has 3 fully saturated rings. The minimum Gasteiger partial charge on any atom is -0.493 e. The summed E-state index contributed by atoms with van der Waals surface area (Å²) in [6.45, 7) is 4.69. The van der Waals surface area contributed by atoms with Crippen LogP contribution in [0.1, 0.15) is 18.4 Å². The van der Waals surface area contributed by atoms with Gasteiger partial charge in [0, 0.05) is 18.0 Å². The molecule has 2 bridgehead atoms. The summed E-state index contributed by atoms with van der Waals surface area (Å²) in [6, 6.07) is 6.12. The molecule has 4 rings (SSSR count). The number of methoxy groups -OCH3 is 2. The minimum absolute atomic E-state index is 0.677. The quantitative estimate of drug-likeness (QED) is 0.816. The van der Waals surface area contributed by atoms with Crippen LogP contribution < -0.4 is 9.47 Å². The van der Waals surface area contributed by atoms with Gasteiger partial charge in [-0.15, -0.1) is 0 Å². The highest BCUT2D eigenvalue weighted by molar-refractivity contribution is 5.55. The fourth-order valence-electron chi connectivity index (χ4n) is 3.05. The summed E-state index contributed by atoms with van der Waals surface area (Å²) in [5, 5.41) is 0. The van der Waals surface area contributed by atoms with E-state index in [1.54, 1.807) is 14.2 Å². The van der Waals surface area contributed by atoms with Gasteiger partial charge in [0.25, 0.3) is 0 Å². The Labute approximate surface area is 109 Å². The molecule has 0 spiro atoms. The van der Waals surface area contributed by atoms with E-state index in [9.17, 15) is 0 Å². The van der Waals surface area contributed by atoms with Crippen molar-refractivity contribution in [2.45, 2.75) is 12.8 Å². The first-order chi connectivity index (χ1) is 8.83. The summed E-state index contributed by atoms with van der Waals surface area (Å²) in [5.74, 6) is 3.76. The van der Waals surface area contributed by atoms with Gasteiger partial charge in [-0.1, -0.05) is 12.1 Å². The smallest absolute Gasteiger partial charge is 0.164 e. The standard InChI is InChI=1S/C15H19NO2/c1-17-14-5-3-4-12(15(14)18-2)13-10-16-8-6-11(13)7-9-16/h3-5,10-11H,6-9H2,1-2H3. The highest BCUT2D eigenvalue weighted by Crippen LogP contribution is 2.45. The summed E-state index contributed by atoms with van der Waals surface area (Å²) >= 11 is 0. The van der Waals surface area contributed by atoms with Gasteiger partial charge in [0.15, 0.2) is 11.5 Å². The minimum atomic E-state index is 0.677. The lowest BCUT2D eigenvalue weighted by molar-refractivity contribution is 0.178. The third-order valence-corrected chi connectivity index (χ3v) is 4.00. The van der Waals surface area contributed by atoms with Gasteiger partial charge in [-0.2, -0.15) is 0 Å². The van der Waals surface area contributed by atoms with Crippen LogP contribution >= 0.6 is 0 Å². The highest BCUT2D eigenvalue weighted by Gasteiger charge is 2.37. The summed E-state index contributed by atoms with van der Waals surface area (Å²) in [6.07, 6.45) is 2.51. The molecule has 0 saturated carbocycles. The van der Waals surface area contributed by atoms with Gasteiger partial charge in [-0.25, -0.2) is 0 Å². The Morgan fingerprint density at radius 1 is 1.11 bits per heavy atom. The van der Waals surface area contributed by atoms with Crippen molar-refractivity contribution in [1.82, 2.24) is 4.90 Å². The fourth-order valence-corrected chi connectivity index (χ4v) is 3.05. The normalized spacial score (nSPS) is 27.2. The second kappa shape index (κ2) is 4.81. The molecule has 1 aromatic rings. The van der Waals surface area contributed by atoms with Crippen molar-refractivity contribution < 1.29 is 9.47 Å². The Morgan fingerprint density at radius 3 is 2.44 bits per heavy atom. The second-order valence-electron chi connectivity index (χ2n) is 4.94. The number of hydrogen-bond donors (Lipinski definition) is 0. The third kappa shape index (κ3) is 1.87. The molecular formula is C15H19NO2. The predicted octanol–water partition coefficient (Wildman–Crippen LogP) is 2.51. The van der Waals surface area contributed by atoms with E-state index >= 15 is 0 Å². The lowest BCUT2D eigenvalue weighted by Gasteiger charge is -2.44. The third-order valence-electron chi connectivity index (χ3n) is 4.00. The van der Waals surface area contributed by atoms with Gasteiger partial charge >= 0.3 is 0 Å². The highest BCUT2D eigenvalue weighted by atomic mass is 16.5. The first-order valence-electron chi connectivity index (χ1n) is 6.50. The van der Waals surface area contributed by atoms with Crippen molar-refractivity contribution in [2.75, 3.05) is 27.3 Å². The Hall–Kier alpha value is -1.22. The molecule has 0 atom stereocenters. The predicted molar refractivity (Wildman–Crippen MR) is 70.5 cm³/mol. The van der Waals surface area contributed by atoms with Crippen LogP contribution in [0.15, 0.2) is 18.2 Å². The van der Waals surface area contributed by atoms with Gasteiger partial charge in [0.1, 0.15) is 0 Å². The first-order valence-corrected chi connectivity index (χ1v) is 6.50. The number of nitrogens with zero attached hydrogens (tertiary/aromatic N) is 1. The van der Waals surface area contributed by atoms with Crippen molar-refractivity contribution in [3.63, 3.8) is 0 Å². The van der Waals surface area contributed by atoms with Gasteiger partial charge in [-0.05, 0) is 37.9 Å². The Bertz CT molecular complexity index is 425. The van der Waals surface area contributed by atoms with Crippen LogP contribution in [-0.4, -0.2) is 32.2 Å². The van der Waals surface area contributed by atoms with E-state index < -0.39 is 0 Å². The SMILES string of the molecule is COc1cccc([C]2[CH]N3CCC2CC3)c1OC. The number of ether oxygens (including phenoxy) is 2. The van der Waals surface area contributed by atoms with Crippen molar-refractivity contribution >= 4 is 0 Å². The van der Waals surface area contributed by atoms with Crippen LogP contribution in [0.25, 0.3) is 0 Å². The summed E-state index contributed by atoms with van der Waals surface area (Å²) < 4.78 is 10.9. The van der Waals surface area contributed by atoms with Crippen LogP contribution in [0.4, 0.5) is 0 Å². The molecule has 0 aromatic heterocycles.